The van der Waals surface area contributed by atoms with Gasteiger partial charge in [0.15, 0.2) is 9.84 Å². The van der Waals surface area contributed by atoms with E-state index in [1.165, 1.54) is 18.4 Å². The lowest BCUT2D eigenvalue weighted by Gasteiger charge is -2.12. The molecule has 0 aliphatic rings. The molecule has 3 rings (SSSR count). The van der Waals surface area contributed by atoms with Crippen LogP contribution < -0.4 is 0 Å². The summed E-state index contributed by atoms with van der Waals surface area (Å²) in [5.41, 5.74) is 3.69. The molecule has 0 N–H and O–H groups in total. The first-order chi connectivity index (χ1) is 14.5. The van der Waals surface area contributed by atoms with E-state index in [2.05, 4.69) is 4.74 Å². The van der Waals surface area contributed by atoms with Gasteiger partial charge >= 0.3 is 11.2 Å². The zero-order chi connectivity index (χ0) is 23.2. The molecule has 2 aromatic carbocycles. The Bertz CT molecular complexity index is 1170. The van der Waals surface area contributed by atoms with Crippen molar-refractivity contribution < 1.29 is 27.1 Å². The van der Waals surface area contributed by atoms with Crippen molar-refractivity contribution in [3.63, 3.8) is 0 Å². The van der Waals surface area contributed by atoms with E-state index >= 15 is 0 Å². The summed E-state index contributed by atoms with van der Waals surface area (Å²) in [7, 11) is -3.21. The Kier molecular flexibility index (Phi) is 8.13. The van der Waals surface area contributed by atoms with E-state index in [-0.39, 0.29) is 17.3 Å². The molecular formula is C22H21ClFNO5S. The van der Waals surface area contributed by atoms with Gasteiger partial charge in [-0.3, -0.25) is 4.79 Å². The molecule has 164 valence electrons. The van der Waals surface area contributed by atoms with Crippen LogP contribution in [0.1, 0.15) is 12.6 Å². The Morgan fingerprint density at radius 2 is 1.58 bits per heavy atom. The van der Waals surface area contributed by atoms with Gasteiger partial charge < -0.3 is 9.30 Å². The van der Waals surface area contributed by atoms with E-state index in [1.807, 2.05) is 23.6 Å². The van der Waals surface area contributed by atoms with E-state index in [0.29, 0.717) is 0 Å². The van der Waals surface area contributed by atoms with Crippen molar-refractivity contribution in [1.82, 2.24) is 4.57 Å². The number of rotatable bonds is 5. The van der Waals surface area contributed by atoms with Gasteiger partial charge in [0, 0.05) is 17.6 Å². The van der Waals surface area contributed by atoms with Crippen LogP contribution in [0.5, 0.6) is 0 Å². The zero-order valence-electron chi connectivity index (χ0n) is 17.1. The van der Waals surface area contributed by atoms with Gasteiger partial charge in [0.2, 0.25) is 0 Å². The third-order valence-electron chi connectivity index (χ3n) is 4.17. The Morgan fingerprint density at radius 1 is 1.00 bits per heavy atom. The predicted octanol–water partition coefficient (Wildman–Crippen LogP) is 4.31. The summed E-state index contributed by atoms with van der Waals surface area (Å²) < 4.78 is 42.5. The maximum Gasteiger partial charge on any atom is 0.391 e. The maximum absolute atomic E-state index is 13.1. The third-order valence-corrected chi connectivity index (χ3v) is 5.46. The Hall–Kier alpha value is -2.97. The van der Waals surface area contributed by atoms with Crippen molar-refractivity contribution in [3.8, 4) is 16.9 Å². The normalized spacial score (nSPS) is 10.7. The van der Waals surface area contributed by atoms with Crippen LogP contribution in [-0.4, -0.2) is 37.1 Å². The Labute approximate surface area is 185 Å². The van der Waals surface area contributed by atoms with Crippen molar-refractivity contribution in [3.05, 3.63) is 72.2 Å². The van der Waals surface area contributed by atoms with Crippen molar-refractivity contribution in [1.29, 1.82) is 0 Å². The lowest BCUT2D eigenvalue weighted by Crippen LogP contribution is -2.10. The van der Waals surface area contributed by atoms with E-state index in [1.54, 1.807) is 43.3 Å². The van der Waals surface area contributed by atoms with E-state index in [9.17, 15) is 22.4 Å². The second kappa shape index (κ2) is 10.4. The van der Waals surface area contributed by atoms with E-state index < -0.39 is 21.0 Å². The van der Waals surface area contributed by atoms with Gasteiger partial charge in [0.1, 0.15) is 5.82 Å². The fraction of sp³-hybridized carbons (Fsp3) is 0.182. The number of benzene rings is 2. The first-order valence-electron chi connectivity index (χ1n) is 9.16. The quantitative estimate of drug-likeness (QED) is 0.318. The van der Waals surface area contributed by atoms with Crippen molar-refractivity contribution in [2.24, 2.45) is 0 Å². The standard InChI is InChI=1S/C18H16FNO2S.C4H5ClO3/c1-13-3-12-18(20(13)16-8-6-15(19)7-9-16)14-4-10-17(11-5-14)23(2,21)22;1-2-8-4(7)3(5)6/h3-12H,1-2H3;2H2,1H3. The fourth-order valence-corrected chi connectivity index (χ4v) is 3.44. The minimum Gasteiger partial charge on any atom is -0.459 e. The van der Waals surface area contributed by atoms with Gasteiger partial charge in [-0.1, -0.05) is 12.1 Å². The molecule has 0 bridgehead atoms. The van der Waals surface area contributed by atoms with Gasteiger partial charge in [0.25, 0.3) is 0 Å². The van der Waals surface area contributed by atoms with Crippen LogP contribution in [0.15, 0.2) is 65.6 Å². The van der Waals surface area contributed by atoms with Crippen LogP contribution >= 0.6 is 11.6 Å². The summed E-state index contributed by atoms with van der Waals surface area (Å²) in [6, 6.07) is 17.0. The second-order valence-corrected chi connectivity index (χ2v) is 8.82. The molecule has 0 saturated heterocycles. The summed E-state index contributed by atoms with van der Waals surface area (Å²) >= 11 is 4.69. The minimum absolute atomic E-state index is 0.178. The molecule has 0 atom stereocenters. The Balaban J connectivity index is 0.000000366. The summed E-state index contributed by atoms with van der Waals surface area (Å²) in [4.78, 5) is 20.2. The Morgan fingerprint density at radius 3 is 2.03 bits per heavy atom. The van der Waals surface area contributed by atoms with Crippen molar-refractivity contribution in [2.75, 3.05) is 12.9 Å². The van der Waals surface area contributed by atoms with Crippen molar-refractivity contribution >= 4 is 32.6 Å². The molecule has 1 aromatic heterocycles. The van der Waals surface area contributed by atoms with Gasteiger partial charge in [0.05, 0.1) is 17.2 Å². The number of carbonyl (C=O) groups is 2. The number of ether oxygens (including phenoxy) is 1. The molecule has 0 amide bonds. The average Bonchev–Trinajstić information content (AvgIpc) is 3.10. The zero-order valence-corrected chi connectivity index (χ0v) is 18.7. The van der Waals surface area contributed by atoms with E-state index in [4.69, 9.17) is 11.6 Å². The van der Waals surface area contributed by atoms with Crippen LogP contribution in [0, 0.1) is 12.7 Å². The highest BCUT2D eigenvalue weighted by Gasteiger charge is 2.12. The molecule has 0 aliphatic heterocycles. The van der Waals surface area contributed by atoms with Crippen LogP contribution in [-0.2, 0) is 24.2 Å². The number of esters is 1. The van der Waals surface area contributed by atoms with Crippen LogP contribution in [0.2, 0.25) is 0 Å². The summed E-state index contributed by atoms with van der Waals surface area (Å²) in [5.74, 6) is -1.27. The molecule has 0 fully saturated rings. The molecule has 31 heavy (non-hydrogen) atoms. The van der Waals surface area contributed by atoms with Gasteiger partial charge in [-0.25, -0.2) is 17.6 Å². The molecule has 0 unspecified atom stereocenters. The van der Waals surface area contributed by atoms with Crippen LogP contribution in [0.25, 0.3) is 16.9 Å². The first-order valence-corrected chi connectivity index (χ1v) is 11.4. The predicted molar refractivity (Wildman–Crippen MR) is 117 cm³/mol. The number of nitrogens with zero attached hydrogens (tertiary/aromatic N) is 1. The average molecular weight is 466 g/mol. The smallest absolute Gasteiger partial charge is 0.391 e. The van der Waals surface area contributed by atoms with E-state index in [0.717, 1.165) is 22.6 Å². The lowest BCUT2D eigenvalue weighted by molar-refractivity contribution is -0.149. The molecule has 1 heterocycles. The minimum atomic E-state index is -3.21. The van der Waals surface area contributed by atoms with Gasteiger partial charge in [-0.05, 0) is 79.5 Å². The van der Waals surface area contributed by atoms with Crippen LogP contribution in [0.3, 0.4) is 0 Å². The summed E-state index contributed by atoms with van der Waals surface area (Å²) in [6.45, 7) is 3.74. The number of aromatic nitrogens is 1. The molecule has 3 aromatic rings. The number of aryl methyl sites for hydroxylation is 1. The highest BCUT2D eigenvalue weighted by atomic mass is 35.5. The molecular weight excluding hydrogens is 445 g/mol. The van der Waals surface area contributed by atoms with Crippen LogP contribution in [0.4, 0.5) is 4.39 Å². The highest BCUT2D eigenvalue weighted by molar-refractivity contribution is 7.90. The molecule has 0 saturated carbocycles. The number of sulfone groups is 1. The number of hydrogen-bond donors (Lipinski definition) is 0. The number of hydrogen-bond acceptors (Lipinski definition) is 5. The number of carbonyl (C=O) groups excluding carboxylic acids is 2. The van der Waals surface area contributed by atoms with Crippen molar-refractivity contribution in [2.45, 2.75) is 18.7 Å². The summed E-state index contributed by atoms with van der Waals surface area (Å²) in [6.07, 6.45) is 1.19. The van der Waals surface area contributed by atoms with Gasteiger partial charge in [-0.2, -0.15) is 0 Å². The third kappa shape index (κ3) is 6.50. The molecule has 0 aliphatic carbocycles. The summed E-state index contributed by atoms with van der Waals surface area (Å²) in [5, 5.41) is -1.08. The lowest BCUT2D eigenvalue weighted by atomic mass is 10.1. The van der Waals surface area contributed by atoms with Gasteiger partial charge in [-0.15, -0.1) is 0 Å². The molecule has 6 nitrogen and oxygen atoms in total. The number of halogens is 2. The monoisotopic (exact) mass is 465 g/mol. The largest absolute Gasteiger partial charge is 0.459 e. The topological polar surface area (TPSA) is 82.4 Å². The second-order valence-electron chi connectivity index (χ2n) is 6.46. The SMILES string of the molecule is CCOC(=O)C(=O)Cl.Cc1ccc(-c2ccc(S(C)(=O)=O)cc2)n1-c1ccc(F)cc1. The highest BCUT2D eigenvalue weighted by Crippen LogP contribution is 2.27. The fourth-order valence-electron chi connectivity index (χ4n) is 2.76. The molecule has 0 spiro atoms. The maximum atomic E-state index is 13.1. The molecule has 0 radical (unpaired) electrons. The molecule has 9 heteroatoms. The first kappa shape index (κ1) is 24.3.